The highest BCUT2D eigenvalue weighted by atomic mass is 19.4. The molecule has 31 heavy (non-hydrogen) atoms. The lowest BCUT2D eigenvalue weighted by molar-refractivity contribution is -0.388. The molecule has 0 radical (unpaired) electrons. The maximum Gasteiger partial charge on any atom is 0.442 e. The van der Waals surface area contributed by atoms with Crippen molar-refractivity contribution in [3.8, 4) is 0 Å². The third-order valence-electron chi connectivity index (χ3n) is 4.17. The second-order valence-corrected chi connectivity index (χ2v) is 7.09. The zero-order chi connectivity index (χ0) is 23.5. The Morgan fingerprint density at radius 2 is 1.94 bits per heavy atom. The van der Waals surface area contributed by atoms with Crippen molar-refractivity contribution >= 4 is 23.2 Å². The van der Waals surface area contributed by atoms with Gasteiger partial charge in [0.1, 0.15) is 12.2 Å². The molecule has 2 N–H and O–H groups in total. The Hall–Kier alpha value is -3.45. The predicted molar refractivity (Wildman–Crippen MR) is 102 cm³/mol. The Morgan fingerprint density at radius 3 is 2.42 bits per heavy atom. The second-order valence-electron chi connectivity index (χ2n) is 7.09. The number of hydrogen-bond donors (Lipinski definition) is 2. The Labute approximate surface area is 174 Å². The van der Waals surface area contributed by atoms with Gasteiger partial charge in [-0.05, 0) is 19.8 Å². The maximum atomic E-state index is 13.1. The van der Waals surface area contributed by atoms with Crippen LogP contribution in [0, 0.1) is 23.0 Å². The molecule has 0 aromatic carbocycles. The van der Waals surface area contributed by atoms with Crippen molar-refractivity contribution in [3.63, 3.8) is 0 Å². The fraction of sp³-hybridized carbons (Fsp3) is 0.529. The average Bonchev–Trinajstić information content (AvgIpc) is 3.20. The highest BCUT2D eigenvalue weighted by molar-refractivity contribution is 6.02. The van der Waals surface area contributed by atoms with E-state index in [0.717, 1.165) is 6.92 Å². The molecule has 0 aliphatic rings. The van der Waals surface area contributed by atoms with Crippen molar-refractivity contribution in [2.24, 2.45) is 5.92 Å². The predicted octanol–water partition coefficient (Wildman–Crippen LogP) is 2.36. The molecule has 0 atom stereocenters. The normalized spacial score (nSPS) is 11.6. The van der Waals surface area contributed by atoms with Gasteiger partial charge < -0.3 is 10.6 Å². The zero-order valence-electron chi connectivity index (χ0n) is 17.3. The number of carbonyl (C=O) groups excluding carboxylic acids is 2. The number of halogens is 3. The zero-order valence-corrected chi connectivity index (χ0v) is 17.3. The molecule has 170 valence electrons. The fourth-order valence-corrected chi connectivity index (χ4v) is 2.65. The minimum absolute atomic E-state index is 0.0588. The Morgan fingerprint density at radius 1 is 1.29 bits per heavy atom. The van der Waals surface area contributed by atoms with Gasteiger partial charge in [-0.3, -0.25) is 29.1 Å². The summed E-state index contributed by atoms with van der Waals surface area (Å²) in [6.45, 7) is 6.67. The monoisotopic (exact) mass is 445 g/mol. The lowest BCUT2D eigenvalue weighted by Gasteiger charge is -2.08. The van der Waals surface area contributed by atoms with E-state index in [1.165, 1.54) is 10.9 Å². The summed E-state index contributed by atoms with van der Waals surface area (Å²) in [6.07, 6.45) is -3.65. The van der Waals surface area contributed by atoms with Gasteiger partial charge in [0.15, 0.2) is 5.69 Å². The van der Waals surface area contributed by atoms with Crippen LogP contribution in [0.25, 0.3) is 0 Å². The second kappa shape index (κ2) is 9.14. The highest BCUT2D eigenvalue weighted by Crippen LogP contribution is 2.36. The molecule has 0 saturated carbocycles. The quantitative estimate of drug-likeness (QED) is 0.473. The lowest BCUT2D eigenvalue weighted by atomic mass is 10.2. The summed E-state index contributed by atoms with van der Waals surface area (Å²) < 4.78 is 41.2. The molecule has 2 aromatic rings. The van der Waals surface area contributed by atoms with E-state index in [4.69, 9.17) is 0 Å². The van der Waals surface area contributed by atoms with E-state index < -0.39 is 46.5 Å². The third-order valence-corrected chi connectivity index (χ3v) is 4.17. The number of nitrogens with zero attached hydrogens (tertiary/aromatic N) is 5. The molecule has 2 aromatic heterocycles. The van der Waals surface area contributed by atoms with Crippen LogP contribution in [0.1, 0.15) is 42.6 Å². The molecule has 0 unspecified atom stereocenters. The number of aryl methyl sites for hydroxylation is 1. The van der Waals surface area contributed by atoms with Crippen molar-refractivity contribution in [2.75, 3.05) is 11.9 Å². The number of nitrogens with one attached hydrogen (secondary N) is 2. The van der Waals surface area contributed by atoms with Gasteiger partial charge in [0.05, 0.1) is 10.6 Å². The minimum atomic E-state index is -5.06. The number of carbonyl (C=O) groups is 2. The SMILES string of the molecule is CCn1cc(NC(=O)Cn2nc(C(F)(F)F)c([N+](=O)[O-])c2C)c(C(=O)NCC(C)C)n1. The molecule has 0 aliphatic heterocycles. The maximum absolute atomic E-state index is 13.1. The summed E-state index contributed by atoms with van der Waals surface area (Å²) >= 11 is 0. The summed E-state index contributed by atoms with van der Waals surface area (Å²) in [6, 6.07) is 0. The van der Waals surface area contributed by atoms with E-state index >= 15 is 0 Å². The number of alkyl halides is 3. The highest BCUT2D eigenvalue weighted by Gasteiger charge is 2.44. The number of nitro groups is 1. The lowest BCUT2D eigenvalue weighted by Crippen LogP contribution is -2.29. The molecule has 2 heterocycles. The standard InChI is InChI=1S/C17H22F3N7O4/c1-5-25-7-11(13(23-25)16(29)21-6-9(2)3)22-12(28)8-26-10(4)14(27(30)31)15(24-26)17(18,19)20/h7,9H,5-6,8H2,1-4H3,(H,21,29)(H,22,28). The van der Waals surface area contributed by atoms with Gasteiger partial charge in [0.2, 0.25) is 11.6 Å². The van der Waals surface area contributed by atoms with E-state index in [9.17, 15) is 32.9 Å². The molecule has 0 saturated heterocycles. The molecular weight excluding hydrogens is 423 g/mol. The summed E-state index contributed by atoms with van der Waals surface area (Å²) in [5.41, 5.74) is -3.33. The van der Waals surface area contributed by atoms with Gasteiger partial charge in [0.25, 0.3) is 5.91 Å². The molecule has 0 bridgehead atoms. The van der Waals surface area contributed by atoms with E-state index in [2.05, 4.69) is 20.8 Å². The van der Waals surface area contributed by atoms with Crippen LogP contribution in [0.15, 0.2) is 6.20 Å². The smallest absolute Gasteiger partial charge is 0.350 e. The number of anilines is 1. The summed E-state index contributed by atoms with van der Waals surface area (Å²) in [5.74, 6) is -1.18. The molecule has 0 aliphatic carbocycles. The first kappa shape index (κ1) is 23.8. The van der Waals surface area contributed by atoms with Crippen molar-refractivity contribution in [1.82, 2.24) is 24.9 Å². The first-order valence-corrected chi connectivity index (χ1v) is 9.29. The number of amides is 2. The summed E-state index contributed by atoms with van der Waals surface area (Å²) in [7, 11) is 0. The Balaban J connectivity index is 2.26. The van der Waals surface area contributed by atoms with E-state index in [1.54, 1.807) is 6.92 Å². The van der Waals surface area contributed by atoms with Crippen LogP contribution in [0.4, 0.5) is 24.5 Å². The van der Waals surface area contributed by atoms with Gasteiger partial charge in [-0.25, -0.2) is 0 Å². The molecule has 0 spiro atoms. The van der Waals surface area contributed by atoms with E-state index in [0.29, 0.717) is 17.8 Å². The summed E-state index contributed by atoms with van der Waals surface area (Å²) in [4.78, 5) is 34.6. The van der Waals surface area contributed by atoms with Crippen LogP contribution in [-0.4, -0.2) is 42.8 Å². The molecular formula is C17H22F3N7O4. The van der Waals surface area contributed by atoms with E-state index in [-0.39, 0.29) is 17.3 Å². The first-order valence-electron chi connectivity index (χ1n) is 9.29. The van der Waals surface area contributed by atoms with Gasteiger partial charge in [-0.2, -0.15) is 23.4 Å². The van der Waals surface area contributed by atoms with Crippen LogP contribution >= 0.6 is 0 Å². The number of rotatable bonds is 8. The average molecular weight is 445 g/mol. The van der Waals surface area contributed by atoms with Crippen LogP contribution in [0.3, 0.4) is 0 Å². The van der Waals surface area contributed by atoms with Crippen molar-refractivity contribution in [3.05, 3.63) is 33.4 Å². The topological polar surface area (TPSA) is 137 Å². The van der Waals surface area contributed by atoms with Gasteiger partial charge in [-0.1, -0.05) is 13.8 Å². The van der Waals surface area contributed by atoms with Crippen LogP contribution in [-0.2, 0) is 24.1 Å². The first-order chi connectivity index (χ1) is 14.3. The van der Waals surface area contributed by atoms with E-state index in [1.807, 2.05) is 13.8 Å². The molecule has 2 amide bonds. The molecule has 0 fully saturated rings. The number of hydrogen-bond acceptors (Lipinski definition) is 6. The van der Waals surface area contributed by atoms with Gasteiger partial charge in [0, 0.05) is 19.3 Å². The largest absolute Gasteiger partial charge is 0.442 e. The van der Waals surface area contributed by atoms with Gasteiger partial charge in [-0.15, -0.1) is 0 Å². The number of aromatic nitrogens is 4. The Bertz CT molecular complexity index is 995. The van der Waals surface area contributed by atoms with Crippen LogP contribution in [0.2, 0.25) is 0 Å². The van der Waals surface area contributed by atoms with Crippen LogP contribution in [0.5, 0.6) is 0 Å². The van der Waals surface area contributed by atoms with Gasteiger partial charge >= 0.3 is 11.9 Å². The fourth-order valence-electron chi connectivity index (χ4n) is 2.65. The molecule has 2 rings (SSSR count). The van der Waals surface area contributed by atoms with Crippen LogP contribution < -0.4 is 10.6 Å². The minimum Gasteiger partial charge on any atom is -0.350 e. The Kier molecular flexibility index (Phi) is 7.02. The molecule has 14 heteroatoms. The summed E-state index contributed by atoms with van der Waals surface area (Å²) in [5, 5.41) is 23.4. The van der Waals surface area contributed by atoms with Crippen molar-refractivity contribution in [2.45, 2.75) is 47.0 Å². The van der Waals surface area contributed by atoms with Crippen molar-refractivity contribution < 1.29 is 27.7 Å². The third kappa shape index (κ3) is 5.58. The van der Waals surface area contributed by atoms with Crippen molar-refractivity contribution in [1.29, 1.82) is 0 Å². The molecule has 11 nitrogen and oxygen atoms in total.